The highest BCUT2D eigenvalue weighted by molar-refractivity contribution is 7.98. The van der Waals surface area contributed by atoms with E-state index in [-0.39, 0.29) is 11.4 Å². The maximum absolute atomic E-state index is 13.1. The highest BCUT2D eigenvalue weighted by Gasteiger charge is 2.25. The fraction of sp³-hybridized carbons (Fsp3) is 0.158. The molecule has 3 aromatic rings. The number of ether oxygens (including phenoxy) is 1. The van der Waals surface area contributed by atoms with Gasteiger partial charge in [-0.3, -0.25) is 0 Å². The van der Waals surface area contributed by atoms with Gasteiger partial charge in [-0.05, 0) is 42.5 Å². The third-order valence-corrected chi connectivity index (χ3v) is 6.21. The van der Waals surface area contributed by atoms with Crippen LogP contribution in [0.1, 0.15) is 20.9 Å². The lowest BCUT2D eigenvalue weighted by Crippen LogP contribution is -2.10. The van der Waals surface area contributed by atoms with Crippen LogP contribution in [0.4, 0.5) is 10.1 Å². The molecule has 1 aliphatic rings. The number of rotatable bonds is 6. The van der Waals surface area contributed by atoms with Crippen LogP contribution in [0, 0.1) is 5.82 Å². The van der Waals surface area contributed by atoms with Gasteiger partial charge in [0.1, 0.15) is 16.6 Å². The Morgan fingerprint density at radius 3 is 2.75 bits per heavy atom. The molecule has 6 nitrogen and oxygen atoms in total. The van der Waals surface area contributed by atoms with E-state index in [1.807, 2.05) is 0 Å². The van der Waals surface area contributed by atoms with Gasteiger partial charge in [-0.25, -0.2) is 18.5 Å². The molecule has 1 aliphatic heterocycles. The van der Waals surface area contributed by atoms with Crippen LogP contribution in [0.25, 0.3) is 10.6 Å². The molecule has 144 valence electrons. The third-order valence-electron chi connectivity index (χ3n) is 4.25. The topological polar surface area (TPSA) is 74.7 Å². The van der Waals surface area contributed by atoms with Crippen molar-refractivity contribution < 1.29 is 19.0 Å². The quantitative estimate of drug-likeness (QED) is 0.566. The van der Waals surface area contributed by atoms with E-state index >= 15 is 0 Å². The molecule has 0 atom stereocenters. The number of benzene rings is 2. The minimum atomic E-state index is -0.996. The van der Waals surface area contributed by atoms with Crippen molar-refractivity contribution in [3.63, 3.8) is 0 Å². The van der Waals surface area contributed by atoms with E-state index in [0.717, 1.165) is 22.8 Å². The van der Waals surface area contributed by atoms with E-state index in [2.05, 4.69) is 14.0 Å². The summed E-state index contributed by atoms with van der Waals surface area (Å²) in [7, 11) is 1.51. The summed E-state index contributed by atoms with van der Waals surface area (Å²) in [5, 5.41) is 9.98. The number of aromatic carboxylic acids is 1. The number of carbonyl (C=O) groups is 1. The van der Waals surface area contributed by atoms with Crippen molar-refractivity contribution in [3.8, 4) is 16.3 Å². The first-order chi connectivity index (χ1) is 13.5. The van der Waals surface area contributed by atoms with Crippen LogP contribution >= 0.6 is 23.5 Å². The van der Waals surface area contributed by atoms with Crippen molar-refractivity contribution in [3.05, 3.63) is 64.4 Å². The zero-order chi connectivity index (χ0) is 19.7. The van der Waals surface area contributed by atoms with Gasteiger partial charge in [0.25, 0.3) is 0 Å². The lowest BCUT2D eigenvalue weighted by Gasteiger charge is -2.16. The first kappa shape index (κ1) is 18.7. The van der Waals surface area contributed by atoms with Crippen LogP contribution in [-0.2, 0) is 13.1 Å². The Bertz CT molecular complexity index is 1000. The molecule has 0 spiro atoms. The molecule has 0 aliphatic carbocycles. The van der Waals surface area contributed by atoms with Gasteiger partial charge in [0.15, 0.2) is 0 Å². The minimum absolute atomic E-state index is 0.174. The minimum Gasteiger partial charge on any atom is -0.495 e. The Morgan fingerprint density at radius 2 is 2.07 bits per heavy atom. The number of halogens is 1. The number of aromatic nitrogens is 1. The zero-order valence-electron chi connectivity index (χ0n) is 14.8. The van der Waals surface area contributed by atoms with Gasteiger partial charge < -0.3 is 14.6 Å². The molecular formula is C19H16FN3O3S2. The molecule has 0 saturated heterocycles. The van der Waals surface area contributed by atoms with Crippen LogP contribution in [-0.4, -0.2) is 27.5 Å². The van der Waals surface area contributed by atoms with Crippen LogP contribution < -0.4 is 9.46 Å². The molecule has 1 aromatic heterocycles. The Labute approximate surface area is 169 Å². The van der Waals surface area contributed by atoms with E-state index in [0.29, 0.717) is 18.0 Å². The van der Waals surface area contributed by atoms with Crippen LogP contribution in [0.2, 0.25) is 0 Å². The van der Waals surface area contributed by atoms with Crippen LogP contribution in [0.15, 0.2) is 42.5 Å². The Balaban J connectivity index is 1.40. The molecule has 0 amide bonds. The number of carboxylic acids is 1. The van der Waals surface area contributed by atoms with E-state index < -0.39 is 5.97 Å². The first-order valence-corrected chi connectivity index (χ1v) is 9.96. The molecule has 0 fully saturated rings. The number of thiazole rings is 1. The molecule has 4 rings (SSSR count). The molecule has 28 heavy (non-hydrogen) atoms. The van der Waals surface area contributed by atoms with E-state index in [9.17, 15) is 9.18 Å². The number of methoxy groups -OCH3 is 1. The SMILES string of the molecule is COc1cc(C(=O)O)ccc1NSN1Cc2nc(-c3ccc(F)cc3)sc2C1. The van der Waals surface area contributed by atoms with Gasteiger partial charge in [-0.15, -0.1) is 11.3 Å². The lowest BCUT2D eigenvalue weighted by molar-refractivity contribution is 0.0696. The standard InChI is InChI=1S/C19H16FN3O3S2/c1-26-16-8-12(19(24)25)4-7-14(16)22-28-23-9-15-17(10-23)27-18(21-15)11-2-5-13(20)6-3-11/h2-8,22H,9-10H2,1H3,(H,24,25). The fourth-order valence-corrected chi connectivity index (χ4v) is 4.77. The normalized spacial score (nSPS) is 13.4. The smallest absolute Gasteiger partial charge is 0.335 e. The van der Waals surface area contributed by atoms with Gasteiger partial charge in [-0.1, -0.05) is 0 Å². The molecule has 2 N–H and O–H groups in total. The monoisotopic (exact) mass is 417 g/mol. The van der Waals surface area contributed by atoms with Crippen LogP contribution in [0.3, 0.4) is 0 Å². The highest BCUT2D eigenvalue weighted by Crippen LogP contribution is 2.37. The number of hydrogen-bond acceptors (Lipinski definition) is 7. The number of nitrogens with zero attached hydrogens (tertiary/aromatic N) is 2. The zero-order valence-corrected chi connectivity index (χ0v) is 16.4. The second kappa shape index (κ2) is 7.78. The molecule has 9 heteroatoms. The summed E-state index contributed by atoms with van der Waals surface area (Å²) in [6, 6.07) is 11.1. The second-order valence-electron chi connectivity index (χ2n) is 6.11. The number of fused-ring (bicyclic) bond motifs is 1. The van der Waals surface area contributed by atoms with Gasteiger partial charge in [0.2, 0.25) is 0 Å². The summed E-state index contributed by atoms with van der Waals surface area (Å²) < 4.78 is 23.7. The van der Waals surface area contributed by atoms with E-state index in [1.165, 1.54) is 48.4 Å². The Hall–Kier alpha value is -2.62. The molecular weight excluding hydrogens is 401 g/mol. The largest absolute Gasteiger partial charge is 0.495 e. The third kappa shape index (κ3) is 3.82. The Morgan fingerprint density at radius 1 is 1.29 bits per heavy atom. The van der Waals surface area contributed by atoms with Crippen molar-refractivity contribution in [2.45, 2.75) is 13.1 Å². The lowest BCUT2D eigenvalue weighted by atomic mass is 10.2. The van der Waals surface area contributed by atoms with Crippen molar-refractivity contribution in [2.24, 2.45) is 0 Å². The Kier molecular flexibility index (Phi) is 5.21. The van der Waals surface area contributed by atoms with Crippen molar-refractivity contribution >= 4 is 35.1 Å². The van der Waals surface area contributed by atoms with Crippen LogP contribution in [0.5, 0.6) is 5.75 Å². The molecule has 2 heterocycles. The summed E-state index contributed by atoms with van der Waals surface area (Å²) in [4.78, 5) is 16.9. The molecule has 0 unspecified atom stereocenters. The second-order valence-corrected chi connectivity index (χ2v) is 8.09. The predicted octanol–water partition coefficient (Wildman–Crippen LogP) is 4.65. The van der Waals surface area contributed by atoms with Gasteiger partial charge in [0, 0.05) is 29.1 Å². The van der Waals surface area contributed by atoms with Crippen molar-refractivity contribution in [1.82, 2.24) is 9.29 Å². The fourth-order valence-electron chi connectivity index (χ4n) is 2.82. The first-order valence-electron chi connectivity index (χ1n) is 8.37. The van der Waals surface area contributed by atoms with E-state index in [1.54, 1.807) is 29.5 Å². The summed E-state index contributed by atoms with van der Waals surface area (Å²) >= 11 is 3.03. The summed E-state index contributed by atoms with van der Waals surface area (Å²) in [6.07, 6.45) is 0. The van der Waals surface area contributed by atoms with Gasteiger partial charge >= 0.3 is 5.97 Å². The van der Waals surface area contributed by atoms with E-state index in [4.69, 9.17) is 9.84 Å². The number of nitrogens with one attached hydrogen (secondary N) is 1. The summed E-state index contributed by atoms with van der Waals surface area (Å²) in [5.41, 5.74) is 2.81. The molecule has 0 radical (unpaired) electrons. The van der Waals surface area contributed by atoms with Crippen molar-refractivity contribution in [2.75, 3.05) is 11.8 Å². The molecule has 0 bridgehead atoms. The highest BCUT2D eigenvalue weighted by atomic mass is 32.2. The van der Waals surface area contributed by atoms with Crippen molar-refractivity contribution in [1.29, 1.82) is 0 Å². The van der Waals surface area contributed by atoms with Gasteiger partial charge in [0.05, 0.1) is 30.6 Å². The average Bonchev–Trinajstić information content (AvgIpc) is 3.25. The maximum atomic E-state index is 13.1. The maximum Gasteiger partial charge on any atom is 0.335 e. The number of hydrogen-bond donors (Lipinski definition) is 2. The molecule has 0 saturated carbocycles. The predicted molar refractivity (Wildman–Crippen MR) is 108 cm³/mol. The summed E-state index contributed by atoms with van der Waals surface area (Å²) in [6.45, 7) is 1.42. The average molecular weight is 417 g/mol. The summed E-state index contributed by atoms with van der Waals surface area (Å²) in [5.74, 6) is -0.782. The molecule has 2 aromatic carbocycles. The number of anilines is 1. The number of carboxylic acid groups (broad SMARTS) is 1. The van der Waals surface area contributed by atoms with Gasteiger partial charge in [-0.2, -0.15) is 0 Å².